The van der Waals surface area contributed by atoms with Gasteiger partial charge in [0, 0.05) is 28.3 Å². The molecule has 2 aromatic rings. The first kappa shape index (κ1) is 19.0. The molecular formula is C21H21NO4S. The maximum absolute atomic E-state index is 12.7. The maximum atomic E-state index is 12.7. The number of thioether (sulfide) groups is 1. The Labute approximate surface area is 162 Å². The van der Waals surface area contributed by atoms with Crippen molar-refractivity contribution in [3.05, 3.63) is 59.2 Å². The van der Waals surface area contributed by atoms with E-state index in [1.807, 2.05) is 43.3 Å². The van der Waals surface area contributed by atoms with Gasteiger partial charge in [-0.2, -0.15) is 0 Å². The van der Waals surface area contributed by atoms with E-state index < -0.39 is 0 Å². The molecule has 27 heavy (non-hydrogen) atoms. The fraction of sp³-hybridized carbons (Fsp3) is 0.238. The Kier molecular flexibility index (Phi) is 6.19. The lowest BCUT2D eigenvalue weighted by atomic mass is 10.0. The van der Waals surface area contributed by atoms with Crippen LogP contribution in [0.25, 0.3) is 6.08 Å². The van der Waals surface area contributed by atoms with E-state index in [1.54, 1.807) is 31.0 Å². The first-order chi connectivity index (χ1) is 13.1. The van der Waals surface area contributed by atoms with Crippen molar-refractivity contribution in [2.24, 2.45) is 0 Å². The number of fused-ring (bicyclic) bond motifs is 1. The zero-order chi connectivity index (χ0) is 19.2. The highest BCUT2D eigenvalue weighted by atomic mass is 32.2. The predicted octanol–water partition coefficient (Wildman–Crippen LogP) is 3.58. The van der Waals surface area contributed by atoms with Gasteiger partial charge in [-0.3, -0.25) is 9.59 Å². The lowest BCUT2D eigenvalue weighted by Gasteiger charge is -2.17. The minimum absolute atomic E-state index is 0.0554. The van der Waals surface area contributed by atoms with Crippen LogP contribution in [0.15, 0.2) is 52.9 Å². The second-order valence-electron chi connectivity index (χ2n) is 5.94. The van der Waals surface area contributed by atoms with Gasteiger partial charge < -0.3 is 14.8 Å². The maximum Gasteiger partial charge on any atom is 0.257 e. The van der Waals surface area contributed by atoms with Gasteiger partial charge in [0.2, 0.25) is 0 Å². The zero-order valence-corrected chi connectivity index (χ0v) is 16.1. The molecule has 0 aliphatic carbocycles. The van der Waals surface area contributed by atoms with Crippen LogP contribution < -0.4 is 14.8 Å². The molecule has 0 saturated heterocycles. The Hall–Kier alpha value is -2.73. The van der Waals surface area contributed by atoms with Gasteiger partial charge in [0.05, 0.1) is 7.11 Å². The molecule has 6 heteroatoms. The molecule has 3 rings (SSSR count). The second kappa shape index (κ2) is 8.77. The molecule has 1 aliphatic heterocycles. The van der Waals surface area contributed by atoms with Crippen LogP contribution >= 0.6 is 11.8 Å². The SMILES string of the molecule is CCNC(=O)COc1ccc(/C=C2\CSc3ccccc3C2=O)cc1OC. The van der Waals surface area contributed by atoms with Crippen molar-refractivity contribution in [3.8, 4) is 11.5 Å². The molecule has 1 heterocycles. The Morgan fingerprint density at radius 2 is 2.04 bits per heavy atom. The number of hydrogen-bond acceptors (Lipinski definition) is 5. The average Bonchev–Trinajstić information content (AvgIpc) is 2.69. The van der Waals surface area contributed by atoms with E-state index in [-0.39, 0.29) is 18.3 Å². The van der Waals surface area contributed by atoms with Gasteiger partial charge in [0.1, 0.15) is 0 Å². The van der Waals surface area contributed by atoms with Crippen LogP contribution in [-0.2, 0) is 4.79 Å². The van der Waals surface area contributed by atoms with Crippen LogP contribution in [0.3, 0.4) is 0 Å². The number of Topliss-reactive ketones (excluding diaryl/α,β-unsaturated/α-hetero) is 1. The zero-order valence-electron chi connectivity index (χ0n) is 15.3. The third-order valence-electron chi connectivity index (χ3n) is 4.07. The van der Waals surface area contributed by atoms with Gasteiger partial charge in [0.25, 0.3) is 5.91 Å². The smallest absolute Gasteiger partial charge is 0.257 e. The fourth-order valence-corrected chi connectivity index (χ4v) is 3.78. The Bertz CT molecular complexity index is 892. The van der Waals surface area contributed by atoms with E-state index in [0.29, 0.717) is 23.8 Å². The lowest BCUT2D eigenvalue weighted by Crippen LogP contribution is -2.28. The topological polar surface area (TPSA) is 64.6 Å². The van der Waals surface area contributed by atoms with Gasteiger partial charge in [-0.05, 0) is 42.8 Å². The van der Waals surface area contributed by atoms with Crippen molar-refractivity contribution in [2.75, 3.05) is 26.0 Å². The Balaban J connectivity index is 1.79. The first-order valence-electron chi connectivity index (χ1n) is 8.67. The van der Waals surface area contributed by atoms with Crippen molar-refractivity contribution < 1.29 is 19.1 Å². The summed E-state index contributed by atoms with van der Waals surface area (Å²) in [4.78, 5) is 25.3. The molecule has 0 radical (unpaired) electrons. The van der Waals surface area contributed by atoms with Crippen LogP contribution in [-0.4, -0.2) is 37.7 Å². The van der Waals surface area contributed by atoms with Crippen molar-refractivity contribution in [1.29, 1.82) is 0 Å². The summed E-state index contributed by atoms with van der Waals surface area (Å²) in [7, 11) is 1.54. The van der Waals surface area contributed by atoms with Crippen molar-refractivity contribution >= 4 is 29.5 Å². The highest BCUT2D eigenvalue weighted by Gasteiger charge is 2.22. The molecule has 0 aromatic heterocycles. The minimum Gasteiger partial charge on any atom is -0.493 e. The number of benzene rings is 2. The summed E-state index contributed by atoms with van der Waals surface area (Å²) in [6.07, 6.45) is 1.88. The normalized spacial score (nSPS) is 14.6. The third kappa shape index (κ3) is 4.52. The number of ketones is 1. The van der Waals surface area contributed by atoms with E-state index in [1.165, 1.54) is 0 Å². The molecule has 1 aliphatic rings. The first-order valence-corrected chi connectivity index (χ1v) is 9.65. The number of methoxy groups -OCH3 is 1. The summed E-state index contributed by atoms with van der Waals surface area (Å²) in [6, 6.07) is 13.1. The highest BCUT2D eigenvalue weighted by Crippen LogP contribution is 2.34. The molecule has 0 unspecified atom stereocenters. The van der Waals surface area contributed by atoms with Gasteiger partial charge in [-0.15, -0.1) is 11.8 Å². The number of hydrogen-bond donors (Lipinski definition) is 1. The van der Waals surface area contributed by atoms with E-state index in [4.69, 9.17) is 9.47 Å². The van der Waals surface area contributed by atoms with Gasteiger partial charge in [0.15, 0.2) is 23.9 Å². The predicted molar refractivity (Wildman–Crippen MR) is 107 cm³/mol. The average molecular weight is 383 g/mol. The summed E-state index contributed by atoms with van der Waals surface area (Å²) in [5.74, 6) is 1.51. The lowest BCUT2D eigenvalue weighted by molar-refractivity contribution is -0.123. The molecule has 2 aromatic carbocycles. The molecule has 0 atom stereocenters. The van der Waals surface area contributed by atoms with Crippen molar-refractivity contribution in [1.82, 2.24) is 5.32 Å². The molecule has 5 nitrogen and oxygen atoms in total. The van der Waals surface area contributed by atoms with Crippen LogP contribution in [0.1, 0.15) is 22.8 Å². The molecule has 1 N–H and O–H groups in total. The van der Waals surface area contributed by atoms with Gasteiger partial charge >= 0.3 is 0 Å². The number of ether oxygens (including phenoxy) is 2. The summed E-state index contributed by atoms with van der Waals surface area (Å²) < 4.78 is 10.9. The number of nitrogens with one attached hydrogen (secondary N) is 1. The van der Waals surface area contributed by atoms with Crippen molar-refractivity contribution in [2.45, 2.75) is 11.8 Å². The van der Waals surface area contributed by atoms with Crippen LogP contribution in [0, 0.1) is 0 Å². The summed E-state index contributed by atoms with van der Waals surface area (Å²) in [5, 5.41) is 2.68. The molecule has 140 valence electrons. The summed E-state index contributed by atoms with van der Waals surface area (Å²) >= 11 is 1.66. The van der Waals surface area contributed by atoms with Gasteiger partial charge in [-0.25, -0.2) is 0 Å². The van der Waals surface area contributed by atoms with Crippen molar-refractivity contribution in [3.63, 3.8) is 0 Å². The van der Waals surface area contributed by atoms with E-state index in [2.05, 4.69) is 5.32 Å². The second-order valence-corrected chi connectivity index (χ2v) is 6.95. The van der Waals surface area contributed by atoms with Gasteiger partial charge in [-0.1, -0.05) is 18.2 Å². The summed E-state index contributed by atoms with van der Waals surface area (Å²) in [5.41, 5.74) is 2.34. The fourth-order valence-electron chi connectivity index (χ4n) is 2.77. The van der Waals surface area contributed by atoms with Crippen LogP contribution in [0.2, 0.25) is 0 Å². The van der Waals surface area contributed by atoms with E-state index in [0.717, 1.165) is 21.6 Å². The number of rotatable bonds is 6. The Morgan fingerprint density at radius 3 is 2.81 bits per heavy atom. The Morgan fingerprint density at radius 1 is 1.22 bits per heavy atom. The quantitative estimate of drug-likeness (QED) is 0.773. The standard InChI is InChI=1S/C21H21NO4S/c1-3-22-20(23)12-26-17-9-8-14(11-18(17)25-2)10-15-13-27-19-7-5-4-6-16(19)21(15)24/h4-11H,3,12-13H2,1-2H3,(H,22,23)/b15-10+. The van der Waals surface area contributed by atoms with Crippen LogP contribution in [0.4, 0.5) is 0 Å². The molecule has 0 bridgehead atoms. The number of carbonyl (C=O) groups excluding carboxylic acids is 2. The number of amides is 1. The van der Waals surface area contributed by atoms with E-state index >= 15 is 0 Å². The van der Waals surface area contributed by atoms with Crippen LogP contribution in [0.5, 0.6) is 11.5 Å². The monoisotopic (exact) mass is 383 g/mol. The number of carbonyl (C=O) groups is 2. The third-order valence-corrected chi connectivity index (χ3v) is 5.19. The summed E-state index contributed by atoms with van der Waals surface area (Å²) in [6.45, 7) is 2.33. The number of likely N-dealkylation sites (N-methyl/N-ethyl adjacent to an activating group) is 1. The molecule has 0 saturated carbocycles. The van der Waals surface area contributed by atoms with E-state index in [9.17, 15) is 9.59 Å². The molecular weight excluding hydrogens is 362 g/mol. The highest BCUT2D eigenvalue weighted by molar-refractivity contribution is 7.99. The minimum atomic E-state index is -0.186. The molecule has 1 amide bonds. The molecule has 0 spiro atoms. The molecule has 0 fully saturated rings. The largest absolute Gasteiger partial charge is 0.493 e.